The molecule has 0 amide bonds. The first kappa shape index (κ1) is 7.59. The van der Waals surface area contributed by atoms with Crippen molar-refractivity contribution in [1.82, 2.24) is 0 Å². The molecule has 0 unspecified atom stereocenters. The Balaban J connectivity index is 2.35. The molecule has 0 aliphatic heterocycles. The first-order chi connectivity index (χ1) is 5.28. The highest BCUT2D eigenvalue weighted by atomic mass is 35.5. The van der Waals surface area contributed by atoms with E-state index in [1.807, 2.05) is 11.4 Å². The van der Waals surface area contributed by atoms with Crippen LogP contribution in [0, 0.1) is 0 Å². The van der Waals surface area contributed by atoms with E-state index in [9.17, 15) is 0 Å². The van der Waals surface area contributed by atoms with Crippen LogP contribution in [-0.2, 0) is 5.41 Å². The van der Waals surface area contributed by atoms with Crippen molar-refractivity contribution in [2.45, 2.75) is 18.3 Å². The van der Waals surface area contributed by atoms with Gasteiger partial charge < -0.3 is 5.73 Å². The maximum absolute atomic E-state index is 6.00. The summed E-state index contributed by atoms with van der Waals surface area (Å²) in [6, 6.07) is 1.96. The van der Waals surface area contributed by atoms with E-state index in [1.165, 1.54) is 17.7 Å². The normalized spacial score (nSPS) is 20.2. The highest BCUT2D eigenvalue weighted by Crippen LogP contribution is 2.51. The van der Waals surface area contributed by atoms with Crippen LogP contribution in [0.15, 0.2) is 11.4 Å². The topological polar surface area (TPSA) is 26.0 Å². The predicted octanol–water partition coefficient (Wildman–Crippen LogP) is 2.39. The van der Waals surface area contributed by atoms with Crippen LogP contribution in [0.4, 0.5) is 0 Å². The van der Waals surface area contributed by atoms with Crippen LogP contribution < -0.4 is 5.73 Å². The number of hydrogen-bond acceptors (Lipinski definition) is 2. The first-order valence-corrected chi connectivity index (χ1v) is 4.98. The highest BCUT2D eigenvalue weighted by molar-refractivity contribution is 7.10. The second-order valence-electron chi connectivity index (χ2n) is 3.08. The van der Waals surface area contributed by atoms with Gasteiger partial charge in [0.05, 0.1) is 5.02 Å². The third kappa shape index (κ3) is 1.10. The van der Waals surface area contributed by atoms with E-state index in [2.05, 4.69) is 0 Å². The standard InChI is InChI=1S/C8H10ClNS/c9-6-1-4-11-7(6)8(5-10)2-3-8/h1,4H,2-3,5,10H2. The Labute approximate surface area is 75.2 Å². The van der Waals surface area contributed by atoms with Crippen molar-refractivity contribution in [2.75, 3.05) is 6.54 Å². The van der Waals surface area contributed by atoms with Crippen LogP contribution in [-0.4, -0.2) is 6.54 Å². The smallest absolute Gasteiger partial charge is 0.0551 e. The van der Waals surface area contributed by atoms with Crippen LogP contribution in [0.25, 0.3) is 0 Å². The minimum atomic E-state index is 0.269. The molecule has 1 aromatic rings. The molecule has 1 heterocycles. The molecule has 1 fully saturated rings. The largest absolute Gasteiger partial charge is 0.330 e. The zero-order valence-electron chi connectivity index (χ0n) is 6.14. The summed E-state index contributed by atoms with van der Waals surface area (Å²) in [5.41, 5.74) is 5.95. The molecule has 1 aliphatic carbocycles. The van der Waals surface area contributed by atoms with Crippen LogP contribution in [0.3, 0.4) is 0 Å². The lowest BCUT2D eigenvalue weighted by Crippen LogP contribution is -2.18. The van der Waals surface area contributed by atoms with Crippen molar-refractivity contribution < 1.29 is 0 Å². The van der Waals surface area contributed by atoms with Gasteiger partial charge in [0.2, 0.25) is 0 Å². The van der Waals surface area contributed by atoms with E-state index in [4.69, 9.17) is 17.3 Å². The van der Waals surface area contributed by atoms with Crippen LogP contribution >= 0.6 is 22.9 Å². The molecule has 0 spiro atoms. The van der Waals surface area contributed by atoms with E-state index in [-0.39, 0.29) is 5.41 Å². The lowest BCUT2D eigenvalue weighted by atomic mass is 10.1. The molecule has 3 heteroatoms. The summed E-state index contributed by atoms with van der Waals surface area (Å²) in [7, 11) is 0. The zero-order valence-corrected chi connectivity index (χ0v) is 7.71. The fourth-order valence-corrected chi connectivity index (χ4v) is 2.88. The SMILES string of the molecule is NCC1(c2sccc2Cl)CC1. The van der Waals surface area contributed by atoms with Gasteiger partial charge in [-0.3, -0.25) is 0 Å². The Morgan fingerprint density at radius 3 is 2.73 bits per heavy atom. The van der Waals surface area contributed by atoms with Gasteiger partial charge in [-0.15, -0.1) is 11.3 Å². The van der Waals surface area contributed by atoms with Gasteiger partial charge in [0, 0.05) is 16.8 Å². The van der Waals surface area contributed by atoms with Gasteiger partial charge in [0.1, 0.15) is 0 Å². The molecule has 1 nitrogen and oxygen atoms in total. The summed E-state index contributed by atoms with van der Waals surface area (Å²) in [6.45, 7) is 0.743. The van der Waals surface area contributed by atoms with E-state index >= 15 is 0 Å². The minimum Gasteiger partial charge on any atom is -0.330 e. The van der Waals surface area contributed by atoms with Gasteiger partial charge in [-0.25, -0.2) is 0 Å². The van der Waals surface area contributed by atoms with Gasteiger partial charge in [-0.1, -0.05) is 11.6 Å². The monoisotopic (exact) mass is 187 g/mol. The van der Waals surface area contributed by atoms with Crippen molar-refractivity contribution in [3.05, 3.63) is 21.3 Å². The van der Waals surface area contributed by atoms with Crippen molar-refractivity contribution in [2.24, 2.45) is 5.73 Å². The second kappa shape index (κ2) is 2.47. The average molecular weight is 188 g/mol. The van der Waals surface area contributed by atoms with Crippen molar-refractivity contribution in [3.63, 3.8) is 0 Å². The number of halogens is 1. The Bertz CT molecular complexity index is 265. The second-order valence-corrected chi connectivity index (χ2v) is 4.41. The molecular formula is C8H10ClNS. The summed E-state index contributed by atoms with van der Waals surface area (Å²) in [6.07, 6.45) is 2.42. The summed E-state index contributed by atoms with van der Waals surface area (Å²) < 4.78 is 0. The van der Waals surface area contributed by atoms with Gasteiger partial charge >= 0.3 is 0 Å². The Morgan fingerprint density at radius 1 is 1.64 bits per heavy atom. The summed E-state index contributed by atoms with van der Waals surface area (Å²) >= 11 is 7.73. The lowest BCUT2D eigenvalue weighted by molar-refractivity contribution is 0.720. The molecule has 0 atom stereocenters. The molecule has 60 valence electrons. The highest BCUT2D eigenvalue weighted by Gasteiger charge is 2.45. The van der Waals surface area contributed by atoms with Gasteiger partial charge in [0.25, 0.3) is 0 Å². The Morgan fingerprint density at radius 2 is 2.36 bits per heavy atom. The van der Waals surface area contributed by atoms with Gasteiger partial charge in [-0.2, -0.15) is 0 Å². The quantitative estimate of drug-likeness (QED) is 0.756. The van der Waals surface area contributed by atoms with E-state index in [0.717, 1.165) is 11.6 Å². The third-order valence-electron chi connectivity index (χ3n) is 2.34. The maximum atomic E-state index is 6.00. The van der Waals surface area contributed by atoms with Crippen molar-refractivity contribution in [1.29, 1.82) is 0 Å². The number of hydrogen-bond donors (Lipinski definition) is 1. The third-order valence-corrected chi connectivity index (χ3v) is 3.93. The minimum absolute atomic E-state index is 0.269. The fraction of sp³-hybridized carbons (Fsp3) is 0.500. The Hall–Kier alpha value is -0.0500. The molecule has 0 radical (unpaired) electrons. The lowest BCUT2D eigenvalue weighted by Gasteiger charge is -2.09. The predicted molar refractivity (Wildman–Crippen MR) is 49.3 cm³/mol. The molecule has 1 aromatic heterocycles. The summed E-state index contributed by atoms with van der Waals surface area (Å²) in [5.74, 6) is 0. The van der Waals surface area contributed by atoms with Crippen LogP contribution in [0.1, 0.15) is 17.7 Å². The van der Waals surface area contributed by atoms with Crippen LogP contribution in [0.2, 0.25) is 5.02 Å². The molecular weight excluding hydrogens is 178 g/mol. The van der Waals surface area contributed by atoms with E-state index in [1.54, 1.807) is 11.3 Å². The maximum Gasteiger partial charge on any atom is 0.0551 e. The van der Waals surface area contributed by atoms with E-state index in [0.29, 0.717) is 0 Å². The molecule has 0 bridgehead atoms. The summed E-state index contributed by atoms with van der Waals surface area (Å²) in [4.78, 5) is 1.29. The zero-order chi connectivity index (χ0) is 7.90. The number of thiophene rings is 1. The number of nitrogens with two attached hydrogens (primary N) is 1. The molecule has 11 heavy (non-hydrogen) atoms. The van der Waals surface area contributed by atoms with Gasteiger partial charge in [-0.05, 0) is 24.3 Å². The van der Waals surface area contributed by atoms with E-state index < -0.39 is 0 Å². The molecule has 1 saturated carbocycles. The number of rotatable bonds is 2. The molecule has 2 rings (SSSR count). The fourth-order valence-electron chi connectivity index (χ4n) is 1.35. The molecule has 0 aromatic carbocycles. The van der Waals surface area contributed by atoms with Crippen molar-refractivity contribution in [3.8, 4) is 0 Å². The Kier molecular flexibility index (Phi) is 1.71. The van der Waals surface area contributed by atoms with Crippen molar-refractivity contribution >= 4 is 22.9 Å². The molecule has 0 saturated heterocycles. The van der Waals surface area contributed by atoms with Gasteiger partial charge in [0.15, 0.2) is 0 Å². The summed E-state index contributed by atoms with van der Waals surface area (Å²) in [5, 5.41) is 2.94. The molecule has 1 aliphatic rings. The first-order valence-electron chi connectivity index (χ1n) is 3.72. The molecule has 2 N–H and O–H groups in total. The van der Waals surface area contributed by atoms with Crippen LogP contribution in [0.5, 0.6) is 0 Å². The average Bonchev–Trinajstić information content (AvgIpc) is 2.70.